The van der Waals surface area contributed by atoms with Crippen LogP contribution in [0.15, 0.2) is 41.0 Å². The van der Waals surface area contributed by atoms with E-state index >= 15 is 0 Å². The van der Waals surface area contributed by atoms with E-state index in [-0.39, 0.29) is 19.0 Å². The first-order chi connectivity index (χ1) is 8.69. The van der Waals surface area contributed by atoms with Crippen LogP contribution in [0.5, 0.6) is 5.75 Å². The highest BCUT2D eigenvalue weighted by molar-refractivity contribution is 9.10. The van der Waals surface area contributed by atoms with Gasteiger partial charge < -0.3 is 9.84 Å². The molecule has 3 nitrogen and oxygen atoms in total. The van der Waals surface area contributed by atoms with Gasteiger partial charge in [-0.1, -0.05) is 6.07 Å². The van der Waals surface area contributed by atoms with Gasteiger partial charge in [-0.2, -0.15) is 0 Å². The summed E-state index contributed by atoms with van der Waals surface area (Å²) in [7, 11) is 0. The van der Waals surface area contributed by atoms with E-state index < -0.39 is 0 Å². The fourth-order valence-corrected chi connectivity index (χ4v) is 1.63. The lowest BCUT2D eigenvalue weighted by Crippen LogP contribution is -1.97. The molecule has 0 fully saturated rings. The number of hydrogen-bond donors (Lipinski definition) is 1. The maximum Gasteiger partial charge on any atom is 0.138 e. The molecule has 1 aromatic carbocycles. The highest BCUT2D eigenvalue weighted by Gasteiger charge is 2.02. The van der Waals surface area contributed by atoms with Crippen LogP contribution in [0.25, 0.3) is 0 Å². The summed E-state index contributed by atoms with van der Waals surface area (Å²) in [6.07, 6.45) is 1.53. The Morgan fingerprint density at radius 1 is 1.28 bits per heavy atom. The summed E-state index contributed by atoms with van der Waals surface area (Å²) in [6, 6.07) is 8.23. The summed E-state index contributed by atoms with van der Waals surface area (Å²) in [5.74, 6) is 0.264. The minimum Gasteiger partial charge on any atom is -0.487 e. The standard InChI is InChI=1S/C13H11BrFNO2/c14-12-4-1-9(5-13(12)15)8-18-11-3-2-10(7-17)16-6-11/h1-6,17H,7-8H2. The molecular formula is C13H11BrFNO2. The number of halogens is 2. The molecule has 0 saturated carbocycles. The van der Waals surface area contributed by atoms with Gasteiger partial charge in [0.1, 0.15) is 18.2 Å². The number of ether oxygens (including phenoxy) is 1. The average Bonchev–Trinajstić information content (AvgIpc) is 2.41. The van der Waals surface area contributed by atoms with E-state index in [1.165, 1.54) is 12.3 Å². The molecule has 2 aromatic rings. The van der Waals surface area contributed by atoms with E-state index in [2.05, 4.69) is 20.9 Å². The number of nitrogens with zero attached hydrogens (tertiary/aromatic N) is 1. The third-order valence-electron chi connectivity index (χ3n) is 2.35. The van der Waals surface area contributed by atoms with Crippen molar-refractivity contribution in [1.82, 2.24) is 4.98 Å². The van der Waals surface area contributed by atoms with Gasteiger partial charge in [0.2, 0.25) is 0 Å². The summed E-state index contributed by atoms with van der Waals surface area (Å²) in [4.78, 5) is 3.98. The van der Waals surface area contributed by atoms with Crippen molar-refractivity contribution in [2.75, 3.05) is 0 Å². The third kappa shape index (κ3) is 3.27. The van der Waals surface area contributed by atoms with Crippen LogP contribution in [-0.2, 0) is 13.2 Å². The zero-order chi connectivity index (χ0) is 13.0. The minimum atomic E-state index is -0.315. The molecule has 0 aliphatic heterocycles. The van der Waals surface area contributed by atoms with Crippen LogP contribution in [0.4, 0.5) is 4.39 Å². The molecule has 0 saturated heterocycles. The smallest absolute Gasteiger partial charge is 0.138 e. The van der Waals surface area contributed by atoms with Gasteiger partial charge >= 0.3 is 0 Å². The monoisotopic (exact) mass is 311 g/mol. The predicted octanol–water partition coefficient (Wildman–Crippen LogP) is 3.05. The Bertz CT molecular complexity index is 531. The second-order valence-electron chi connectivity index (χ2n) is 3.68. The predicted molar refractivity (Wildman–Crippen MR) is 68.6 cm³/mol. The molecule has 2 rings (SSSR count). The lowest BCUT2D eigenvalue weighted by molar-refractivity contribution is 0.275. The van der Waals surface area contributed by atoms with Crippen molar-refractivity contribution >= 4 is 15.9 Å². The summed E-state index contributed by atoms with van der Waals surface area (Å²) in [5.41, 5.74) is 1.32. The van der Waals surface area contributed by atoms with Gasteiger partial charge in [-0.3, -0.25) is 4.98 Å². The fraction of sp³-hybridized carbons (Fsp3) is 0.154. The van der Waals surface area contributed by atoms with Crippen molar-refractivity contribution in [2.24, 2.45) is 0 Å². The largest absolute Gasteiger partial charge is 0.487 e. The maximum absolute atomic E-state index is 13.3. The van der Waals surface area contributed by atoms with Gasteiger partial charge in [0, 0.05) is 0 Å². The summed E-state index contributed by atoms with van der Waals surface area (Å²) < 4.78 is 19.2. The number of aliphatic hydroxyl groups is 1. The zero-order valence-corrected chi connectivity index (χ0v) is 11.0. The molecule has 0 aliphatic rings. The Hall–Kier alpha value is -1.46. The van der Waals surface area contributed by atoms with Crippen molar-refractivity contribution in [3.8, 4) is 5.75 Å². The van der Waals surface area contributed by atoms with Crippen molar-refractivity contribution in [3.63, 3.8) is 0 Å². The van der Waals surface area contributed by atoms with Crippen LogP contribution in [0.3, 0.4) is 0 Å². The van der Waals surface area contributed by atoms with E-state index in [0.717, 1.165) is 5.56 Å². The Morgan fingerprint density at radius 2 is 2.11 bits per heavy atom. The molecule has 5 heteroatoms. The topological polar surface area (TPSA) is 42.4 Å². The first kappa shape index (κ1) is 13.0. The highest BCUT2D eigenvalue weighted by atomic mass is 79.9. The van der Waals surface area contributed by atoms with Crippen molar-refractivity contribution in [2.45, 2.75) is 13.2 Å². The van der Waals surface area contributed by atoms with Gasteiger partial charge in [-0.15, -0.1) is 0 Å². The van der Waals surface area contributed by atoms with Gasteiger partial charge in [-0.05, 0) is 45.8 Å². The van der Waals surface area contributed by atoms with Gasteiger partial charge in [0.05, 0.1) is 23.0 Å². The Morgan fingerprint density at radius 3 is 2.72 bits per heavy atom. The number of rotatable bonds is 4. The van der Waals surface area contributed by atoms with Crippen LogP contribution < -0.4 is 4.74 Å². The molecule has 0 spiro atoms. The molecule has 0 unspecified atom stereocenters. The minimum absolute atomic E-state index is 0.0990. The van der Waals surface area contributed by atoms with E-state index in [9.17, 15) is 4.39 Å². The van der Waals surface area contributed by atoms with Crippen LogP contribution >= 0.6 is 15.9 Å². The average molecular weight is 312 g/mol. The maximum atomic E-state index is 13.3. The molecule has 0 bridgehead atoms. The highest BCUT2D eigenvalue weighted by Crippen LogP contribution is 2.18. The van der Waals surface area contributed by atoms with E-state index in [1.54, 1.807) is 24.3 Å². The molecule has 0 amide bonds. The normalized spacial score (nSPS) is 10.4. The van der Waals surface area contributed by atoms with E-state index in [0.29, 0.717) is 15.9 Å². The molecule has 18 heavy (non-hydrogen) atoms. The number of hydrogen-bond acceptors (Lipinski definition) is 3. The summed E-state index contributed by atoms with van der Waals surface area (Å²) in [6.45, 7) is 0.169. The summed E-state index contributed by atoms with van der Waals surface area (Å²) >= 11 is 3.09. The number of aromatic nitrogens is 1. The number of pyridine rings is 1. The first-order valence-corrected chi connectivity index (χ1v) is 6.11. The quantitative estimate of drug-likeness (QED) is 0.943. The second-order valence-corrected chi connectivity index (χ2v) is 4.53. The molecule has 0 aliphatic carbocycles. The second kappa shape index (κ2) is 5.93. The molecule has 94 valence electrons. The summed E-state index contributed by atoms with van der Waals surface area (Å²) in [5, 5.41) is 8.84. The molecule has 1 heterocycles. The zero-order valence-electron chi connectivity index (χ0n) is 9.44. The van der Waals surface area contributed by atoms with Gasteiger partial charge in [-0.25, -0.2) is 4.39 Å². The number of benzene rings is 1. The lowest BCUT2D eigenvalue weighted by Gasteiger charge is -2.07. The lowest BCUT2D eigenvalue weighted by atomic mass is 10.2. The molecule has 1 N–H and O–H groups in total. The van der Waals surface area contributed by atoms with Gasteiger partial charge in [0.25, 0.3) is 0 Å². The molecule has 0 atom stereocenters. The first-order valence-electron chi connectivity index (χ1n) is 5.31. The van der Waals surface area contributed by atoms with Crippen LogP contribution in [-0.4, -0.2) is 10.1 Å². The molecular weight excluding hydrogens is 301 g/mol. The molecule has 0 radical (unpaired) electrons. The van der Waals surface area contributed by atoms with Crippen LogP contribution in [0.2, 0.25) is 0 Å². The Balaban J connectivity index is 1.99. The van der Waals surface area contributed by atoms with Crippen LogP contribution in [0, 0.1) is 5.82 Å². The number of aliphatic hydroxyl groups excluding tert-OH is 1. The van der Waals surface area contributed by atoms with Crippen molar-refractivity contribution in [3.05, 3.63) is 58.1 Å². The van der Waals surface area contributed by atoms with Crippen LogP contribution in [0.1, 0.15) is 11.3 Å². The van der Waals surface area contributed by atoms with Gasteiger partial charge in [0.15, 0.2) is 0 Å². The third-order valence-corrected chi connectivity index (χ3v) is 2.99. The SMILES string of the molecule is OCc1ccc(OCc2ccc(Br)c(F)c2)cn1. The van der Waals surface area contributed by atoms with Crippen molar-refractivity contribution in [1.29, 1.82) is 0 Å². The Kier molecular flexibility index (Phi) is 4.28. The van der Waals surface area contributed by atoms with Crippen molar-refractivity contribution < 1.29 is 14.2 Å². The Labute approximate surface area is 112 Å². The molecule has 1 aromatic heterocycles. The van der Waals surface area contributed by atoms with E-state index in [4.69, 9.17) is 9.84 Å². The van der Waals surface area contributed by atoms with E-state index in [1.807, 2.05) is 0 Å². The fourth-order valence-electron chi connectivity index (χ4n) is 1.39.